The van der Waals surface area contributed by atoms with Crippen LogP contribution >= 0.6 is 11.6 Å². The van der Waals surface area contributed by atoms with Crippen LogP contribution < -0.4 is 5.32 Å². The molecule has 1 saturated heterocycles. The normalized spacial score (nSPS) is 18.2. The van der Waals surface area contributed by atoms with Crippen molar-refractivity contribution in [3.63, 3.8) is 0 Å². The summed E-state index contributed by atoms with van der Waals surface area (Å²) < 4.78 is 39.2. The molecular formula is C16H20ClF3N2. The van der Waals surface area contributed by atoms with Gasteiger partial charge in [0.1, 0.15) is 0 Å². The van der Waals surface area contributed by atoms with Crippen molar-refractivity contribution in [3.8, 4) is 0 Å². The Balaban J connectivity index is 2.36. The quantitative estimate of drug-likeness (QED) is 0.810. The van der Waals surface area contributed by atoms with Gasteiger partial charge in [-0.25, -0.2) is 0 Å². The summed E-state index contributed by atoms with van der Waals surface area (Å²) in [6.45, 7) is 6.98. The molecule has 0 spiro atoms. The largest absolute Gasteiger partial charge is 0.417 e. The van der Waals surface area contributed by atoms with E-state index >= 15 is 0 Å². The average molecular weight is 333 g/mol. The summed E-state index contributed by atoms with van der Waals surface area (Å²) in [7, 11) is 0. The van der Waals surface area contributed by atoms with Crippen LogP contribution in [0.3, 0.4) is 0 Å². The maximum Gasteiger partial charge on any atom is 0.417 e. The summed E-state index contributed by atoms with van der Waals surface area (Å²) in [6, 6.07) is 4.06. The third-order valence-electron chi connectivity index (χ3n) is 3.93. The number of benzene rings is 1. The molecule has 0 bridgehead atoms. The van der Waals surface area contributed by atoms with Gasteiger partial charge in [0.2, 0.25) is 0 Å². The Bertz CT molecular complexity index is 511. The lowest BCUT2D eigenvalue weighted by Gasteiger charge is -2.36. The minimum Gasteiger partial charge on any atom is -0.314 e. The van der Waals surface area contributed by atoms with Crippen LogP contribution in [0, 0.1) is 0 Å². The molecular weight excluding hydrogens is 313 g/mol. The molecule has 1 fully saturated rings. The minimum atomic E-state index is -4.43. The summed E-state index contributed by atoms with van der Waals surface area (Å²) >= 11 is 6.10. The number of alkyl halides is 3. The molecule has 0 amide bonds. The molecule has 1 aromatic rings. The highest BCUT2D eigenvalue weighted by Gasteiger charge is 2.35. The number of allylic oxidation sites excluding steroid dienone is 1. The van der Waals surface area contributed by atoms with Gasteiger partial charge in [0.05, 0.1) is 10.6 Å². The van der Waals surface area contributed by atoms with Crippen molar-refractivity contribution < 1.29 is 13.2 Å². The van der Waals surface area contributed by atoms with Crippen molar-refractivity contribution in [2.75, 3.05) is 26.2 Å². The third-order valence-corrected chi connectivity index (χ3v) is 4.35. The first-order valence-corrected chi connectivity index (χ1v) is 7.74. The van der Waals surface area contributed by atoms with Gasteiger partial charge in [0.25, 0.3) is 0 Å². The average Bonchev–Trinajstić information content (AvgIpc) is 2.49. The number of nitrogens with one attached hydrogen (secondary N) is 1. The fourth-order valence-electron chi connectivity index (χ4n) is 2.83. The summed E-state index contributed by atoms with van der Waals surface area (Å²) in [5.41, 5.74) is -0.203. The molecule has 0 radical (unpaired) electrons. The molecule has 1 aliphatic heterocycles. The van der Waals surface area contributed by atoms with E-state index in [1.54, 1.807) is 12.1 Å². The lowest BCUT2D eigenvalue weighted by atomic mass is 9.97. The Morgan fingerprint density at radius 3 is 2.59 bits per heavy atom. The van der Waals surface area contributed by atoms with Gasteiger partial charge in [-0.05, 0) is 24.5 Å². The molecule has 0 unspecified atom stereocenters. The van der Waals surface area contributed by atoms with Crippen molar-refractivity contribution in [1.82, 2.24) is 10.2 Å². The van der Waals surface area contributed by atoms with E-state index in [0.29, 0.717) is 12.0 Å². The van der Waals surface area contributed by atoms with E-state index in [2.05, 4.69) is 16.8 Å². The monoisotopic (exact) mass is 332 g/mol. The molecule has 1 heterocycles. The second-order valence-electron chi connectivity index (χ2n) is 5.37. The SMILES string of the molecule is C=CCC[C@H](c1cccc(C(F)(F)F)c1Cl)N1CCNCC1. The lowest BCUT2D eigenvalue weighted by Crippen LogP contribution is -2.45. The van der Waals surface area contributed by atoms with Crippen LogP contribution in [0.25, 0.3) is 0 Å². The molecule has 1 aromatic carbocycles. The van der Waals surface area contributed by atoms with Crippen molar-refractivity contribution in [2.45, 2.75) is 25.1 Å². The summed E-state index contributed by atoms with van der Waals surface area (Å²) in [4.78, 5) is 2.20. The summed E-state index contributed by atoms with van der Waals surface area (Å²) in [6.07, 6.45) is -1.19. The fraction of sp³-hybridized carbons (Fsp3) is 0.500. The van der Waals surface area contributed by atoms with Crippen LogP contribution in [-0.2, 0) is 6.18 Å². The predicted molar refractivity (Wildman–Crippen MR) is 83.1 cm³/mol. The highest BCUT2D eigenvalue weighted by molar-refractivity contribution is 6.32. The maximum absolute atomic E-state index is 13.1. The summed E-state index contributed by atoms with van der Waals surface area (Å²) in [5, 5.41) is 3.07. The van der Waals surface area contributed by atoms with E-state index in [0.717, 1.165) is 38.7 Å². The van der Waals surface area contributed by atoms with E-state index in [-0.39, 0.29) is 11.1 Å². The standard InChI is InChI=1S/C16H20ClF3N2/c1-2-3-7-14(22-10-8-21-9-11-22)12-5-4-6-13(15(12)17)16(18,19)20/h2,4-6,14,21H,1,3,7-11H2/t14-/m1/s1. The zero-order valence-corrected chi connectivity index (χ0v) is 13.1. The van der Waals surface area contributed by atoms with Crippen molar-refractivity contribution in [2.24, 2.45) is 0 Å². The van der Waals surface area contributed by atoms with Crippen molar-refractivity contribution >= 4 is 11.6 Å². The van der Waals surface area contributed by atoms with Gasteiger partial charge in [0.15, 0.2) is 0 Å². The number of piperazine rings is 1. The molecule has 6 heteroatoms. The van der Waals surface area contributed by atoms with Gasteiger partial charge < -0.3 is 5.32 Å². The second kappa shape index (κ2) is 7.49. The van der Waals surface area contributed by atoms with Crippen LogP contribution in [0.15, 0.2) is 30.9 Å². The first-order valence-electron chi connectivity index (χ1n) is 7.36. The number of hydrogen-bond donors (Lipinski definition) is 1. The number of halogens is 4. The predicted octanol–water partition coefficient (Wildman–Crippen LogP) is 4.27. The number of hydrogen-bond acceptors (Lipinski definition) is 2. The Kier molecular flexibility index (Phi) is 5.89. The van der Waals surface area contributed by atoms with Gasteiger partial charge in [-0.3, -0.25) is 4.90 Å². The minimum absolute atomic E-state index is 0.116. The first-order chi connectivity index (χ1) is 10.4. The van der Waals surface area contributed by atoms with Crippen LogP contribution in [0.5, 0.6) is 0 Å². The van der Waals surface area contributed by atoms with Gasteiger partial charge in [-0.2, -0.15) is 13.2 Å². The van der Waals surface area contributed by atoms with Crippen LogP contribution in [0.1, 0.15) is 30.0 Å². The Hall–Kier alpha value is -1.04. The molecule has 2 rings (SSSR count). The molecule has 1 atom stereocenters. The van der Waals surface area contributed by atoms with E-state index in [1.165, 1.54) is 6.07 Å². The fourth-order valence-corrected chi connectivity index (χ4v) is 3.19. The van der Waals surface area contributed by atoms with E-state index in [9.17, 15) is 13.2 Å². The molecule has 1 N–H and O–H groups in total. The zero-order chi connectivity index (χ0) is 16.2. The smallest absolute Gasteiger partial charge is 0.314 e. The van der Waals surface area contributed by atoms with Gasteiger partial charge in [-0.15, -0.1) is 6.58 Å². The highest BCUT2D eigenvalue weighted by Crippen LogP contribution is 2.40. The Labute approximate surface area is 133 Å². The van der Waals surface area contributed by atoms with Crippen molar-refractivity contribution in [3.05, 3.63) is 47.0 Å². The Morgan fingerprint density at radius 1 is 1.32 bits per heavy atom. The van der Waals surface area contributed by atoms with Crippen LogP contribution in [-0.4, -0.2) is 31.1 Å². The molecule has 0 aliphatic carbocycles. The highest BCUT2D eigenvalue weighted by atomic mass is 35.5. The molecule has 1 aliphatic rings. The second-order valence-corrected chi connectivity index (χ2v) is 5.75. The van der Waals surface area contributed by atoms with E-state index in [4.69, 9.17) is 11.6 Å². The van der Waals surface area contributed by atoms with E-state index < -0.39 is 11.7 Å². The van der Waals surface area contributed by atoms with Gasteiger partial charge >= 0.3 is 6.18 Å². The lowest BCUT2D eigenvalue weighted by molar-refractivity contribution is -0.137. The van der Waals surface area contributed by atoms with Crippen LogP contribution in [0.4, 0.5) is 13.2 Å². The third kappa shape index (κ3) is 4.03. The number of rotatable bonds is 5. The maximum atomic E-state index is 13.1. The number of nitrogens with zero attached hydrogens (tertiary/aromatic N) is 1. The van der Waals surface area contributed by atoms with Crippen LogP contribution in [0.2, 0.25) is 5.02 Å². The van der Waals surface area contributed by atoms with Gasteiger partial charge in [-0.1, -0.05) is 29.8 Å². The zero-order valence-electron chi connectivity index (χ0n) is 12.3. The summed E-state index contributed by atoms with van der Waals surface area (Å²) in [5.74, 6) is 0. The topological polar surface area (TPSA) is 15.3 Å². The van der Waals surface area contributed by atoms with E-state index in [1.807, 2.05) is 0 Å². The van der Waals surface area contributed by atoms with Gasteiger partial charge in [0, 0.05) is 32.2 Å². The van der Waals surface area contributed by atoms with Crippen molar-refractivity contribution in [1.29, 1.82) is 0 Å². The molecule has 0 aromatic heterocycles. The molecule has 2 nitrogen and oxygen atoms in total. The molecule has 122 valence electrons. The molecule has 22 heavy (non-hydrogen) atoms. The first kappa shape index (κ1) is 17.3. The Morgan fingerprint density at radius 2 is 2.00 bits per heavy atom. The molecule has 0 saturated carbocycles.